The summed E-state index contributed by atoms with van der Waals surface area (Å²) in [4.78, 5) is 23.7. The number of amides is 1. The third kappa shape index (κ3) is 9.13. The fourth-order valence-corrected chi connectivity index (χ4v) is 3.13. The van der Waals surface area contributed by atoms with Gasteiger partial charge in [-0.15, -0.1) is 0 Å². The van der Waals surface area contributed by atoms with Crippen LogP contribution in [0.4, 0.5) is 0 Å². The zero-order valence-corrected chi connectivity index (χ0v) is 16.5. The van der Waals surface area contributed by atoms with Gasteiger partial charge in [0.15, 0.2) is 13.2 Å². The molecule has 0 radical (unpaired) electrons. The average Bonchev–Trinajstić information content (AvgIpc) is 2.38. The molecule has 25 heavy (non-hydrogen) atoms. The highest BCUT2D eigenvalue weighted by atomic mass is 16.6. The van der Waals surface area contributed by atoms with E-state index in [2.05, 4.69) is 26.1 Å². The van der Waals surface area contributed by atoms with Crippen molar-refractivity contribution in [2.24, 2.45) is 5.41 Å². The van der Waals surface area contributed by atoms with Gasteiger partial charge in [-0.3, -0.25) is 4.79 Å². The highest BCUT2D eigenvalue weighted by Crippen LogP contribution is 2.26. The van der Waals surface area contributed by atoms with Crippen LogP contribution in [0.15, 0.2) is 18.2 Å². The summed E-state index contributed by atoms with van der Waals surface area (Å²) < 4.78 is 10.4. The molecule has 0 bridgehead atoms. The maximum absolute atomic E-state index is 12.0. The number of carbonyl (C=O) groups excluding carboxylic acids is 2. The first-order chi connectivity index (χ1) is 11.4. The summed E-state index contributed by atoms with van der Waals surface area (Å²) in [6.07, 6.45) is 0.815. The minimum atomic E-state index is -0.567. The molecule has 1 aromatic rings. The van der Waals surface area contributed by atoms with E-state index in [9.17, 15) is 9.59 Å². The lowest BCUT2D eigenvalue weighted by Gasteiger charge is -2.33. The lowest BCUT2D eigenvalue weighted by atomic mass is 9.82. The number of hydrogen-bond donors (Lipinski definition) is 1. The first kappa shape index (κ1) is 21.0. The van der Waals surface area contributed by atoms with Crippen molar-refractivity contribution in [1.29, 1.82) is 0 Å². The molecule has 0 heterocycles. The van der Waals surface area contributed by atoms with E-state index in [-0.39, 0.29) is 30.1 Å². The third-order valence-corrected chi connectivity index (χ3v) is 3.37. The monoisotopic (exact) mass is 349 g/mol. The molecule has 1 aromatic carbocycles. The van der Waals surface area contributed by atoms with Crippen LogP contribution in [0.2, 0.25) is 0 Å². The van der Waals surface area contributed by atoms with E-state index in [1.165, 1.54) is 0 Å². The van der Waals surface area contributed by atoms with Gasteiger partial charge in [0.1, 0.15) is 5.75 Å². The number of ether oxygens (including phenoxy) is 2. The van der Waals surface area contributed by atoms with Crippen molar-refractivity contribution in [1.82, 2.24) is 5.32 Å². The summed E-state index contributed by atoms with van der Waals surface area (Å²) in [5.74, 6) is -0.262. The van der Waals surface area contributed by atoms with Crippen LogP contribution in [-0.4, -0.2) is 30.6 Å². The largest absolute Gasteiger partial charge is 0.482 e. The van der Waals surface area contributed by atoms with Crippen molar-refractivity contribution in [2.45, 2.75) is 60.4 Å². The Hall–Kier alpha value is -2.04. The topological polar surface area (TPSA) is 64.6 Å². The maximum Gasteiger partial charge on any atom is 0.344 e. The molecule has 0 saturated carbocycles. The van der Waals surface area contributed by atoms with Gasteiger partial charge in [0, 0.05) is 5.54 Å². The number of aryl methyl sites for hydroxylation is 2. The van der Waals surface area contributed by atoms with Crippen LogP contribution >= 0.6 is 0 Å². The highest BCUT2D eigenvalue weighted by Gasteiger charge is 2.27. The Bertz CT molecular complexity index is 594. The smallest absolute Gasteiger partial charge is 0.344 e. The molecule has 0 aliphatic rings. The molecular formula is C20H31NO4. The number of nitrogens with one attached hydrogen (secondary N) is 1. The standard InChI is InChI=1S/C20H31NO4/c1-14-8-15(2)10-16(9-14)24-12-18(23)25-11-17(22)21-20(6,7)13-19(3,4)5/h8-10H,11-13H2,1-7H3,(H,21,22). The van der Waals surface area contributed by atoms with Gasteiger partial charge in [-0.25, -0.2) is 4.79 Å². The Morgan fingerprint density at radius 3 is 2.04 bits per heavy atom. The Kier molecular flexibility index (Phi) is 7.03. The molecule has 0 aliphatic carbocycles. The molecule has 0 spiro atoms. The number of hydrogen-bond acceptors (Lipinski definition) is 4. The van der Waals surface area contributed by atoms with E-state index in [0.29, 0.717) is 5.75 Å². The van der Waals surface area contributed by atoms with Gasteiger partial charge in [-0.2, -0.15) is 0 Å². The van der Waals surface area contributed by atoms with Gasteiger partial charge < -0.3 is 14.8 Å². The first-order valence-electron chi connectivity index (χ1n) is 8.54. The molecule has 0 unspecified atom stereocenters. The fraction of sp³-hybridized carbons (Fsp3) is 0.600. The molecule has 0 aliphatic heterocycles. The van der Waals surface area contributed by atoms with Crippen molar-refractivity contribution < 1.29 is 19.1 Å². The minimum Gasteiger partial charge on any atom is -0.482 e. The van der Waals surface area contributed by atoms with Crippen molar-refractivity contribution in [3.63, 3.8) is 0 Å². The molecule has 1 amide bonds. The lowest BCUT2D eigenvalue weighted by Crippen LogP contribution is -2.47. The van der Waals surface area contributed by atoms with E-state index in [1.807, 2.05) is 45.9 Å². The van der Waals surface area contributed by atoms with E-state index in [0.717, 1.165) is 17.5 Å². The third-order valence-electron chi connectivity index (χ3n) is 3.37. The fourth-order valence-electron chi connectivity index (χ4n) is 3.13. The van der Waals surface area contributed by atoms with Gasteiger partial charge in [0.05, 0.1) is 0 Å². The molecule has 0 atom stereocenters. The molecule has 140 valence electrons. The maximum atomic E-state index is 12.0. The number of carbonyl (C=O) groups is 2. The zero-order valence-electron chi connectivity index (χ0n) is 16.5. The summed E-state index contributed by atoms with van der Waals surface area (Å²) in [5.41, 5.74) is 1.84. The second-order valence-electron chi connectivity index (χ2n) is 8.44. The van der Waals surface area contributed by atoms with Crippen molar-refractivity contribution in [2.75, 3.05) is 13.2 Å². The van der Waals surface area contributed by atoms with Crippen LogP contribution in [0.5, 0.6) is 5.75 Å². The minimum absolute atomic E-state index is 0.0905. The Labute approximate surface area is 151 Å². The second kappa shape index (κ2) is 8.37. The SMILES string of the molecule is Cc1cc(C)cc(OCC(=O)OCC(=O)NC(C)(C)CC(C)(C)C)c1. The number of benzene rings is 1. The molecule has 0 saturated heterocycles. The normalized spacial score (nSPS) is 11.8. The van der Waals surface area contributed by atoms with Crippen LogP contribution in [0.1, 0.15) is 52.2 Å². The predicted molar refractivity (Wildman–Crippen MR) is 98.7 cm³/mol. The van der Waals surface area contributed by atoms with Crippen LogP contribution < -0.4 is 10.1 Å². The van der Waals surface area contributed by atoms with Gasteiger partial charge in [0.25, 0.3) is 5.91 Å². The van der Waals surface area contributed by atoms with Crippen LogP contribution in [0, 0.1) is 19.3 Å². The summed E-state index contributed by atoms with van der Waals surface area (Å²) in [5, 5.41) is 2.90. The van der Waals surface area contributed by atoms with Crippen LogP contribution in [0.25, 0.3) is 0 Å². The van der Waals surface area contributed by atoms with Crippen LogP contribution in [0.3, 0.4) is 0 Å². The average molecular weight is 349 g/mol. The zero-order chi connectivity index (χ0) is 19.3. The van der Waals surface area contributed by atoms with E-state index in [4.69, 9.17) is 9.47 Å². The quantitative estimate of drug-likeness (QED) is 0.765. The molecular weight excluding hydrogens is 318 g/mol. The van der Waals surface area contributed by atoms with Gasteiger partial charge in [-0.05, 0) is 62.8 Å². The molecule has 1 rings (SSSR count). The number of rotatable bonds is 7. The van der Waals surface area contributed by atoms with E-state index < -0.39 is 5.97 Å². The second-order valence-corrected chi connectivity index (χ2v) is 8.44. The molecule has 0 fully saturated rings. The molecule has 0 aromatic heterocycles. The van der Waals surface area contributed by atoms with Crippen LogP contribution in [-0.2, 0) is 14.3 Å². The van der Waals surface area contributed by atoms with E-state index in [1.54, 1.807) is 0 Å². The van der Waals surface area contributed by atoms with Gasteiger partial charge >= 0.3 is 5.97 Å². The Morgan fingerprint density at radius 1 is 0.960 bits per heavy atom. The number of esters is 1. The first-order valence-corrected chi connectivity index (χ1v) is 8.54. The Balaban J connectivity index is 2.39. The van der Waals surface area contributed by atoms with Gasteiger partial charge in [-0.1, -0.05) is 26.8 Å². The lowest BCUT2D eigenvalue weighted by molar-refractivity contribution is -0.151. The summed E-state index contributed by atoms with van der Waals surface area (Å²) >= 11 is 0. The summed E-state index contributed by atoms with van der Waals surface area (Å²) in [6.45, 7) is 13.7. The van der Waals surface area contributed by atoms with E-state index >= 15 is 0 Å². The summed E-state index contributed by atoms with van der Waals surface area (Å²) in [6, 6.07) is 5.72. The summed E-state index contributed by atoms with van der Waals surface area (Å²) in [7, 11) is 0. The highest BCUT2D eigenvalue weighted by molar-refractivity contribution is 5.81. The molecule has 5 nitrogen and oxygen atoms in total. The van der Waals surface area contributed by atoms with Gasteiger partial charge in [0.2, 0.25) is 0 Å². The molecule has 1 N–H and O–H groups in total. The van der Waals surface area contributed by atoms with Crippen molar-refractivity contribution in [3.05, 3.63) is 29.3 Å². The van der Waals surface area contributed by atoms with Crippen molar-refractivity contribution in [3.8, 4) is 5.75 Å². The predicted octanol–water partition coefficient (Wildman–Crippen LogP) is 3.56. The Morgan fingerprint density at radius 2 is 1.52 bits per heavy atom. The molecule has 5 heteroatoms. The van der Waals surface area contributed by atoms with Crippen molar-refractivity contribution >= 4 is 11.9 Å².